The largest absolute Gasteiger partial charge is 0.0882 e. The van der Waals surface area contributed by atoms with E-state index >= 15 is 0 Å². The molecule has 0 heterocycles. The lowest BCUT2D eigenvalue weighted by atomic mass is 9.51. The number of fused-ring (bicyclic) bond motifs is 3. The highest BCUT2D eigenvalue weighted by molar-refractivity contribution is 5.15. The van der Waals surface area contributed by atoms with Crippen molar-refractivity contribution in [2.24, 2.45) is 35.0 Å². The van der Waals surface area contributed by atoms with Gasteiger partial charge >= 0.3 is 0 Å². The van der Waals surface area contributed by atoms with E-state index in [1.807, 2.05) is 5.57 Å². The van der Waals surface area contributed by atoms with Crippen molar-refractivity contribution in [3.05, 3.63) is 11.6 Å². The van der Waals surface area contributed by atoms with Crippen LogP contribution in [0.5, 0.6) is 0 Å². The summed E-state index contributed by atoms with van der Waals surface area (Å²) in [7, 11) is 0. The molecule has 0 aliphatic heterocycles. The second kappa shape index (κ2) is 6.09. The lowest BCUT2D eigenvalue weighted by molar-refractivity contribution is -0.0210. The quantitative estimate of drug-likeness (QED) is 0.512. The molecule has 0 aromatic carbocycles. The zero-order chi connectivity index (χ0) is 15.0. The standard InChI is InChI=1S/C21H36/c1-5-8-17-15(6-2)9-11-19-18(17)13-14-21(4)16(7-3)10-12-20(19)21/h6,16-20H,5,7-14H2,1-4H3/b15-6-. The summed E-state index contributed by atoms with van der Waals surface area (Å²) in [5.74, 6) is 5.10. The number of rotatable bonds is 3. The van der Waals surface area contributed by atoms with E-state index in [1.54, 1.807) is 6.42 Å². The summed E-state index contributed by atoms with van der Waals surface area (Å²) in [5.41, 5.74) is 2.51. The molecule has 0 amide bonds. The van der Waals surface area contributed by atoms with Crippen LogP contribution in [0.25, 0.3) is 0 Å². The molecule has 0 heteroatoms. The molecule has 3 saturated carbocycles. The normalized spacial score (nSPS) is 48.2. The Bertz CT molecular complexity index is 393. The van der Waals surface area contributed by atoms with Crippen LogP contribution in [0.3, 0.4) is 0 Å². The van der Waals surface area contributed by atoms with Crippen LogP contribution in [-0.4, -0.2) is 0 Å². The molecule has 0 N–H and O–H groups in total. The SMILES string of the molecule is C/C=C1/CCC2C(CCC3(C)C(CC)CCC23)C1CCC. The van der Waals surface area contributed by atoms with E-state index in [2.05, 4.69) is 33.8 Å². The molecule has 3 rings (SSSR count). The molecular formula is C21H36. The lowest BCUT2D eigenvalue weighted by Gasteiger charge is -2.53. The lowest BCUT2D eigenvalue weighted by Crippen LogP contribution is -2.45. The van der Waals surface area contributed by atoms with Crippen molar-refractivity contribution in [1.29, 1.82) is 0 Å². The first kappa shape index (κ1) is 15.6. The van der Waals surface area contributed by atoms with E-state index in [0.29, 0.717) is 5.41 Å². The second-order valence-electron chi connectivity index (χ2n) is 8.46. The molecule has 0 nitrogen and oxygen atoms in total. The van der Waals surface area contributed by atoms with Crippen LogP contribution in [-0.2, 0) is 0 Å². The Labute approximate surface area is 132 Å². The predicted molar refractivity (Wildman–Crippen MR) is 92.2 cm³/mol. The van der Waals surface area contributed by atoms with Gasteiger partial charge in [0.05, 0.1) is 0 Å². The van der Waals surface area contributed by atoms with Crippen molar-refractivity contribution in [2.75, 3.05) is 0 Å². The van der Waals surface area contributed by atoms with E-state index in [4.69, 9.17) is 0 Å². The average molecular weight is 289 g/mol. The van der Waals surface area contributed by atoms with Gasteiger partial charge in [-0.3, -0.25) is 0 Å². The molecule has 0 aromatic heterocycles. The van der Waals surface area contributed by atoms with Gasteiger partial charge in [-0.2, -0.15) is 0 Å². The maximum Gasteiger partial charge on any atom is -0.0172 e. The van der Waals surface area contributed by atoms with E-state index in [1.165, 1.54) is 51.4 Å². The number of allylic oxidation sites excluding steroid dienone is 2. The average Bonchev–Trinajstić information content (AvgIpc) is 2.84. The minimum absolute atomic E-state index is 0.695. The first-order chi connectivity index (χ1) is 10.2. The van der Waals surface area contributed by atoms with Crippen LogP contribution in [0.1, 0.15) is 85.5 Å². The molecule has 0 radical (unpaired) electrons. The van der Waals surface area contributed by atoms with Gasteiger partial charge in [-0.05, 0) is 86.9 Å². The first-order valence-corrected chi connectivity index (χ1v) is 9.80. The van der Waals surface area contributed by atoms with Crippen LogP contribution in [0, 0.1) is 35.0 Å². The van der Waals surface area contributed by atoms with E-state index in [-0.39, 0.29) is 0 Å². The second-order valence-corrected chi connectivity index (χ2v) is 8.46. The molecule has 3 aliphatic carbocycles. The summed E-state index contributed by atoms with van der Waals surface area (Å²) in [6, 6.07) is 0. The molecule has 0 saturated heterocycles. The molecule has 3 fully saturated rings. The minimum atomic E-state index is 0.695. The zero-order valence-corrected chi connectivity index (χ0v) is 14.8. The number of hydrogen-bond donors (Lipinski definition) is 0. The van der Waals surface area contributed by atoms with E-state index in [0.717, 1.165) is 29.6 Å². The molecule has 6 atom stereocenters. The van der Waals surface area contributed by atoms with Crippen molar-refractivity contribution < 1.29 is 0 Å². The maximum atomic E-state index is 2.66. The molecule has 0 bridgehead atoms. The zero-order valence-electron chi connectivity index (χ0n) is 14.8. The van der Waals surface area contributed by atoms with Crippen molar-refractivity contribution >= 4 is 0 Å². The van der Waals surface area contributed by atoms with Crippen LogP contribution in [0.15, 0.2) is 11.6 Å². The Morgan fingerprint density at radius 3 is 2.57 bits per heavy atom. The Morgan fingerprint density at radius 2 is 1.90 bits per heavy atom. The van der Waals surface area contributed by atoms with Crippen LogP contribution >= 0.6 is 0 Å². The fourth-order valence-electron chi connectivity index (χ4n) is 6.87. The Kier molecular flexibility index (Phi) is 4.53. The van der Waals surface area contributed by atoms with Gasteiger partial charge in [0, 0.05) is 0 Å². The summed E-state index contributed by atoms with van der Waals surface area (Å²) in [5, 5.41) is 0. The third-order valence-electron chi connectivity index (χ3n) is 7.91. The van der Waals surface area contributed by atoms with Crippen molar-refractivity contribution in [3.8, 4) is 0 Å². The topological polar surface area (TPSA) is 0 Å². The van der Waals surface area contributed by atoms with Gasteiger partial charge in [-0.25, -0.2) is 0 Å². The monoisotopic (exact) mass is 288 g/mol. The highest BCUT2D eigenvalue weighted by Gasteiger charge is 2.54. The van der Waals surface area contributed by atoms with Crippen molar-refractivity contribution in [1.82, 2.24) is 0 Å². The third-order valence-corrected chi connectivity index (χ3v) is 7.91. The summed E-state index contributed by atoms with van der Waals surface area (Å²) in [6.45, 7) is 9.76. The number of hydrogen-bond acceptors (Lipinski definition) is 0. The highest BCUT2D eigenvalue weighted by atomic mass is 14.6. The van der Waals surface area contributed by atoms with Crippen LogP contribution in [0.2, 0.25) is 0 Å². The summed E-state index contributed by atoms with van der Waals surface area (Å²) >= 11 is 0. The molecular weight excluding hydrogens is 252 g/mol. The van der Waals surface area contributed by atoms with Gasteiger partial charge in [0.15, 0.2) is 0 Å². The Balaban J connectivity index is 1.84. The predicted octanol–water partition coefficient (Wildman–Crippen LogP) is 6.61. The van der Waals surface area contributed by atoms with E-state index in [9.17, 15) is 0 Å². The minimum Gasteiger partial charge on any atom is -0.0882 e. The van der Waals surface area contributed by atoms with Gasteiger partial charge in [-0.15, -0.1) is 0 Å². The van der Waals surface area contributed by atoms with Gasteiger partial charge in [0.1, 0.15) is 0 Å². The van der Waals surface area contributed by atoms with E-state index < -0.39 is 0 Å². The van der Waals surface area contributed by atoms with Gasteiger partial charge in [0.25, 0.3) is 0 Å². The summed E-state index contributed by atoms with van der Waals surface area (Å²) in [6.07, 6.45) is 15.7. The Morgan fingerprint density at radius 1 is 1.10 bits per heavy atom. The van der Waals surface area contributed by atoms with Crippen molar-refractivity contribution in [2.45, 2.75) is 85.5 Å². The van der Waals surface area contributed by atoms with Crippen molar-refractivity contribution in [3.63, 3.8) is 0 Å². The summed E-state index contributed by atoms with van der Waals surface area (Å²) in [4.78, 5) is 0. The fraction of sp³-hybridized carbons (Fsp3) is 0.905. The molecule has 21 heavy (non-hydrogen) atoms. The highest BCUT2D eigenvalue weighted by Crippen LogP contribution is 2.63. The molecule has 6 unspecified atom stereocenters. The van der Waals surface area contributed by atoms with Crippen LogP contribution < -0.4 is 0 Å². The first-order valence-electron chi connectivity index (χ1n) is 9.80. The fourth-order valence-corrected chi connectivity index (χ4v) is 6.87. The summed E-state index contributed by atoms with van der Waals surface area (Å²) < 4.78 is 0. The molecule has 0 aromatic rings. The van der Waals surface area contributed by atoms with Gasteiger partial charge in [0.2, 0.25) is 0 Å². The Hall–Kier alpha value is -0.260. The van der Waals surface area contributed by atoms with Crippen LogP contribution in [0.4, 0.5) is 0 Å². The molecule has 120 valence electrons. The van der Waals surface area contributed by atoms with Gasteiger partial charge in [-0.1, -0.05) is 45.3 Å². The maximum absolute atomic E-state index is 2.66. The smallest absolute Gasteiger partial charge is 0.0172 e. The molecule has 3 aliphatic rings. The molecule has 0 spiro atoms. The third kappa shape index (κ3) is 2.41. The van der Waals surface area contributed by atoms with Gasteiger partial charge < -0.3 is 0 Å².